The molecule has 32 heavy (non-hydrogen) atoms. The Balaban J connectivity index is 1.66. The van der Waals surface area contributed by atoms with Gasteiger partial charge >= 0.3 is 0 Å². The average molecular weight is 440 g/mol. The monoisotopic (exact) mass is 440 g/mol. The highest BCUT2D eigenvalue weighted by Crippen LogP contribution is 2.27. The first-order valence-electron chi connectivity index (χ1n) is 11.0. The lowest BCUT2D eigenvalue weighted by Crippen LogP contribution is -2.45. The van der Waals surface area contributed by atoms with Gasteiger partial charge in [-0.25, -0.2) is 8.78 Å². The van der Waals surface area contributed by atoms with E-state index in [4.69, 9.17) is 0 Å². The van der Waals surface area contributed by atoms with Gasteiger partial charge in [-0.2, -0.15) is 0 Å². The second-order valence-electron chi connectivity index (χ2n) is 8.33. The van der Waals surface area contributed by atoms with Crippen LogP contribution < -0.4 is 5.32 Å². The van der Waals surface area contributed by atoms with Crippen LogP contribution in [0.15, 0.2) is 42.6 Å². The number of hydrogen-bond acceptors (Lipinski definition) is 3. The smallest absolute Gasteiger partial charge is 0.253 e. The van der Waals surface area contributed by atoms with Crippen molar-refractivity contribution < 1.29 is 23.5 Å². The third-order valence-corrected chi connectivity index (χ3v) is 6.15. The highest BCUT2D eigenvalue weighted by Gasteiger charge is 2.27. The zero-order valence-corrected chi connectivity index (χ0v) is 17.9. The first kappa shape index (κ1) is 22.1. The summed E-state index contributed by atoms with van der Waals surface area (Å²) in [5.41, 5.74) is 1.32. The molecule has 0 radical (unpaired) electrons. The molecule has 3 aromatic rings. The number of rotatable bonds is 6. The molecule has 4 rings (SSSR count). The van der Waals surface area contributed by atoms with Crippen LogP contribution >= 0.6 is 0 Å². The number of hydrogen-bond donors (Lipinski definition) is 2. The maximum atomic E-state index is 14.7. The topological polar surface area (TPSA) is 71.3 Å². The molecule has 5 nitrogen and oxygen atoms in total. The molecule has 2 aromatic carbocycles. The molecule has 0 spiro atoms. The van der Waals surface area contributed by atoms with Crippen molar-refractivity contribution in [3.63, 3.8) is 0 Å². The number of nitrogens with zero attached hydrogens (tertiary/aromatic N) is 1. The van der Waals surface area contributed by atoms with Gasteiger partial charge in [-0.1, -0.05) is 31.9 Å². The Labute approximate surface area is 185 Å². The van der Waals surface area contributed by atoms with Crippen molar-refractivity contribution in [1.82, 2.24) is 9.88 Å². The number of benzene rings is 2. The molecule has 0 aliphatic heterocycles. The van der Waals surface area contributed by atoms with Gasteiger partial charge < -0.3 is 15.0 Å². The normalized spacial score (nSPS) is 18.6. The van der Waals surface area contributed by atoms with Crippen molar-refractivity contribution in [2.75, 3.05) is 0 Å². The zero-order valence-electron chi connectivity index (χ0n) is 17.9. The molecule has 1 aromatic heterocycles. The van der Waals surface area contributed by atoms with Gasteiger partial charge in [0, 0.05) is 24.5 Å². The van der Waals surface area contributed by atoms with Crippen molar-refractivity contribution in [1.29, 1.82) is 0 Å². The maximum absolute atomic E-state index is 14.7. The minimum Gasteiger partial charge on any atom is -0.391 e. The molecule has 1 saturated carbocycles. The number of carbonyl (C=O) groups is 2. The average Bonchev–Trinajstić information content (AvgIpc) is 3.15. The van der Waals surface area contributed by atoms with Crippen LogP contribution in [0.25, 0.3) is 10.9 Å². The van der Waals surface area contributed by atoms with Crippen molar-refractivity contribution in [2.24, 2.45) is 0 Å². The van der Waals surface area contributed by atoms with Gasteiger partial charge in [-0.15, -0.1) is 0 Å². The SMILES string of the molecule is CCC(=O)c1ccc(Cn2cc(C(=O)N[C@H]3CCCC[C@@H]3O)c3c(F)cccc32)cc1F. The second-order valence-corrected chi connectivity index (χ2v) is 8.33. The highest BCUT2D eigenvalue weighted by molar-refractivity contribution is 6.07. The molecule has 2 atom stereocenters. The summed E-state index contributed by atoms with van der Waals surface area (Å²) in [7, 11) is 0. The number of ketones is 1. The van der Waals surface area contributed by atoms with Crippen molar-refractivity contribution in [3.8, 4) is 0 Å². The molecule has 0 unspecified atom stereocenters. The van der Waals surface area contributed by atoms with Crippen LogP contribution in [0.1, 0.15) is 65.3 Å². The molecular weight excluding hydrogens is 414 g/mol. The lowest BCUT2D eigenvalue weighted by atomic mass is 9.92. The number of aromatic nitrogens is 1. The van der Waals surface area contributed by atoms with Gasteiger partial charge in [0.25, 0.3) is 5.91 Å². The van der Waals surface area contributed by atoms with Gasteiger partial charge in [0.05, 0.1) is 28.8 Å². The van der Waals surface area contributed by atoms with Crippen molar-refractivity contribution in [3.05, 3.63) is 70.9 Å². The summed E-state index contributed by atoms with van der Waals surface area (Å²) >= 11 is 0. The van der Waals surface area contributed by atoms with Crippen LogP contribution in [-0.2, 0) is 6.54 Å². The Bertz CT molecular complexity index is 1170. The van der Waals surface area contributed by atoms with Gasteiger partial charge in [-0.05, 0) is 42.7 Å². The molecule has 2 N–H and O–H groups in total. The predicted octanol–water partition coefficient (Wildman–Crippen LogP) is 4.59. The fourth-order valence-corrected chi connectivity index (χ4v) is 4.41. The third-order valence-electron chi connectivity index (χ3n) is 6.15. The Morgan fingerprint density at radius 1 is 1.09 bits per heavy atom. The van der Waals surface area contributed by atoms with E-state index in [2.05, 4.69) is 5.32 Å². The quantitative estimate of drug-likeness (QED) is 0.551. The van der Waals surface area contributed by atoms with Crippen molar-refractivity contribution >= 4 is 22.6 Å². The summed E-state index contributed by atoms with van der Waals surface area (Å²) < 4.78 is 30.8. The van der Waals surface area contributed by atoms with Crippen LogP contribution in [0.4, 0.5) is 8.78 Å². The number of aliphatic hydroxyl groups is 1. The summed E-state index contributed by atoms with van der Waals surface area (Å²) in [5, 5.41) is 13.2. The Kier molecular flexibility index (Phi) is 6.37. The number of amides is 1. The molecule has 1 aliphatic rings. The number of fused-ring (bicyclic) bond motifs is 1. The lowest BCUT2D eigenvalue weighted by Gasteiger charge is -2.28. The minimum absolute atomic E-state index is 0.0470. The molecule has 1 heterocycles. The largest absolute Gasteiger partial charge is 0.391 e. The third kappa shape index (κ3) is 4.30. The van der Waals surface area contributed by atoms with E-state index in [0.29, 0.717) is 23.9 Å². The molecule has 7 heteroatoms. The number of carbonyl (C=O) groups excluding carboxylic acids is 2. The lowest BCUT2D eigenvalue weighted by molar-refractivity contribution is 0.0718. The molecule has 1 amide bonds. The van der Waals surface area contributed by atoms with Gasteiger partial charge in [-0.3, -0.25) is 9.59 Å². The Morgan fingerprint density at radius 2 is 1.88 bits per heavy atom. The first-order valence-corrected chi connectivity index (χ1v) is 11.0. The fourth-order valence-electron chi connectivity index (χ4n) is 4.41. The molecule has 0 saturated heterocycles. The Morgan fingerprint density at radius 3 is 2.59 bits per heavy atom. The van der Waals surface area contributed by atoms with E-state index in [-0.39, 0.29) is 41.3 Å². The van der Waals surface area contributed by atoms with E-state index in [9.17, 15) is 23.5 Å². The summed E-state index contributed by atoms with van der Waals surface area (Å²) in [6, 6.07) is 8.62. The first-order chi connectivity index (χ1) is 15.4. The van der Waals surface area contributed by atoms with E-state index in [1.807, 2.05) is 0 Å². The van der Waals surface area contributed by atoms with E-state index < -0.39 is 23.6 Å². The van der Waals surface area contributed by atoms with Gasteiger partial charge in [0.15, 0.2) is 5.78 Å². The van der Waals surface area contributed by atoms with Crippen LogP contribution in [0.2, 0.25) is 0 Å². The Hall–Kier alpha value is -3.06. The molecule has 1 aliphatic carbocycles. The second kappa shape index (κ2) is 9.20. The predicted molar refractivity (Wildman–Crippen MR) is 118 cm³/mol. The highest BCUT2D eigenvalue weighted by atomic mass is 19.1. The molecule has 168 valence electrons. The number of Topliss-reactive ketones (excluding diaryl/α,β-unsaturated/α-hetero) is 1. The standard InChI is InChI=1S/C25H26F2N2O3/c1-2-22(30)16-11-10-15(12-19(16)27)13-29-14-17(24-18(26)6-5-8-21(24)29)25(32)28-20-7-3-4-9-23(20)31/h5-6,8,10-12,14,20,23,31H,2-4,7,9,13H2,1H3,(H,28,32)/t20-,23-/m0/s1. The van der Waals surface area contributed by atoms with Gasteiger partial charge in [0.1, 0.15) is 11.6 Å². The van der Waals surface area contributed by atoms with Crippen LogP contribution in [0.5, 0.6) is 0 Å². The molecule has 0 bridgehead atoms. The maximum Gasteiger partial charge on any atom is 0.253 e. The minimum atomic E-state index is -0.613. The van der Waals surface area contributed by atoms with E-state index in [1.165, 1.54) is 18.2 Å². The summed E-state index contributed by atoms with van der Waals surface area (Å²) in [5.74, 6) is -1.84. The summed E-state index contributed by atoms with van der Waals surface area (Å²) in [6.07, 6.45) is 4.30. The fraction of sp³-hybridized carbons (Fsp3) is 0.360. The van der Waals surface area contributed by atoms with E-state index in [1.54, 1.807) is 35.9 Å². The zero-order chi connectivity index (χ0) is 22.8. The van der Waals surface area contributed by atoms with Crippen molar-refractivity contribution in [2.45, 2.75) is 57.7 Å². The summed E-state index contributed by atoms with van der Waals surface area (Å²) in [4.78, 5) is 24.8. The number of aliphatic hydroxyl groups excluding tert-OH is 1. The van der Waals surface area contributed by atoms with Crippen LogP contribution in [0, 0.1) is 11.6 Å². The molecular formula is C25H26F2N2O3. The number of nitrogens with one attached hydrogen (secondary N) is 1. The van der Waals surface area contributed by atoms with Crippen LogP contribution in [0.3, 0.4) is 0 Å². The van der Waals surface area contributed by atoms with E-state index in [0.717, 1.165) is 12.8 Å². The number of halogens is 2. The summed E-state index contributed by atoms with van der Waals surface area (Å²) in [6.45, 7) is 1.88. The van der Waals surface area contributed by atoms with E-state index >= 15 is 0 Å². The van der Waals surface area contributed by atoms with Crippen LogP contribution in [-0.4, -0.2) is 33.5 Å². The van der Waals surface area contributed by atoms with Gasteiger partial charge in [0.2, 0.25) is 0 Å². The molecule has 1 fully saturated rings.